The van der Waals surface area contributed by atoms with Gasteiger partial charge in [-0.1, -0.05) is 0 Å². The minimum Gasteiger partial charge on any atom is -0.375 e. The van der Waals surface area contributed by atoms with Crippen LogP contribution in [-0.4, -0.2) is 35.1 Å². The normalized spacial score (nSPS) is 11.5. The molecular weight excluding hydrogens is 255 g/mol. The molecule has 1 aromatic heterocycles. The number of nitrogen functional groups attached to an aromatic ring is 1. The summed E-state index contributed by atoms with van der Waals surface area (Å²) in [5, 5.41) is 1.86. The lowest BCUT2D eigenvalue weighted by atomic mass is 10.3. The number of hydrogen-bond donors (Lipinski definition) is 1. The van der Waals surface area contributed by atoms with Crippen LogP contribution in [0.2, 0.25) is 0 Å². The third kappa shape index (κ3) is 4.59. The van der Waals surface area contributed by atoms with Gasteiger partial charge in [-0.2, -0.15) is 13.2 Å². The number of hydrogen-bond acceptors (Lipinski definition) is 4. The molecule has 0 fully saturated rings. The fraction of sp³-hybridized carbons (Fsp3) is 0.556. The van der Waals surface area contributed by atoms with Crippen LogP contribution in [0.4, 0.5) is 18.3 Å². The average Bonchev–Trinajstić information content (AvgIpc) is 2.59. The van der Waals surface area contributed by atoms with E-state index in [1.807, 2.05) is 0 Å². The van der Waals surface area contributed by atoms with Crippen LogP contribution in [0.5, 0.6) is 0 Å². The fourth-order valence-corrected chi connectivity index (χ4v) is 1.83. The minimum absolute atomic E-state index is 0.0119. The van der Waals surface area contributed by atoms with Gasteiger partial charge < -0.3 is 10.6 Å². The number of alkyl halides is 3. The molecule has 4 nitrogen and oxygen atoms in total. The summed E-state index contributed by atoms with van der Waals surface area (Å²) in [5.41, 5.74) is 5.77. The van der Waals surface area contributed by atoms with Crippen molar-refractivity contribution < 1.29 is 18.0 Å². The zero-order valence-corrected chi connectivity index (χ0v) is 9.94. The Morgan fingerprint density at radius 2 is 2.24 bits per heavy atom. The van der Waals surface area contributed by atoms with Gasteiger partial charge in [0.15, 0.2) is 5.13 Å². The lowest BCUT2D eigenvalue weighted by Crippen LogP contribution is -2.39. The number of aromatic nitrogens is 1. The summed E-state index contributed by atoms with van der Waals surface area (Å²) in [6, 6.07) is 0. The standard InChI is InChI=1S/C9H12F3N3OS/c1-2-15(5-9(10,11)12)7(16)3-6-4-17-8(13)14-6/h4H,2-3,5H2,1H3,(H2,13,14). The lowest BCUT2D eigenvalue weighted by Gasteiger charge is -2.21. The van der Waals surface area contributed by atoms with Crippen LogP contribution >= 0.6 is 11.3 Å². The van der Waals surface area contributed by atoms with Gasteiger partial charge in [0, 0.05) is 11.9 Å². The largest absolute Gasteiger partial charge is 0.406 e. The molecule has 0 radical (unpaired) electrons. The number of carbonyl (C=O) groups is 1. The summed E-state index contributed by atoms with van der Waals surface area (Å²) >= 11 is 1.15. The van der Waals surface area contributed by atoms with Gasteiger partial charge in [0.2, 0.25) is 5.91 Å². The molecule has 0 aromatic carbocycles. The number of halogens is 3. The van der Waals surface area contributed by atoms with E-state index in [-0.39, 0.29) is 13.0 Å². The van der Waals surface area contributed by atoms with Crippen LogP contribution in [0.25, 0.3) is 0 Å². The first-order valence-electron chi connectivity index (χ1n) is 4.86. The number of nitrogens with zero attached hydrogens (tertiary/aromatic N) is 2. The molecule has 1 heterocycles. The number of anilines is 1. The summed E-state index contributed by atoms with van der Waals surface area (Å²) in [7, 11) is 0. The van der Waals surface area contributed by atoms with E-state index in [4.69, 9.17) is 5.73 Å². The molecule has 96 valence electrons. The summed E-state index contributed by atoms with van der Waals surface area (Å²) in [5.74, 6) is -0.602. The predicted molar refractivity (Wildman–Crippen MR) is 58.5 cm³/mol. The smallest absolute Gasteiger partial charge is 0.375 e. The van der Waals surface area contributed by atoms with Crippen molar-refractivity contribution in [2.75, 3.05) is 18.8 Å². The van der Waals surface area contributed by atoms with Gasteiger partial charge in [0.05, 0.1) is 12.1 Å². The fourth-order valence-electron chi connectivity index (χ4n) is 1.26. The number of amides is 1. The summed E-state index contributed by atoms with van der Waals surface area (Å²) in [6.07, 6.45) is -4.54. The molecule has 0 bridgehead atoms. The summed E-state index contributed by atoms with van der Waals surface area (Å²) in [4.78, 5) is 16.2. The van der Waals surface area contributed by atoms with Crippen molar-refractivity contribution in [1.82, 2.24) is 9.88 Å². The zero-order chi connectivity index (χ0) is 13.1. The molecule has 0 aliphatic heterocycles. The topological polar surface area (TPSA) is 59.2 Å². The van der Waals surface area contributed by atoms with E-state index in [0.29, 0.717) is 10.8 Å². The Morgan fingerprint density at radius 3 is 2.65 bits per heavy atom. The zero-order valence-electron chi connectivity index (χ0n) is 9.12. The minimum atomic E-state index is -4.38. The van der Waals surface area contributed by atoms with E-state index in [0.717, 1.165) is 16.2 Å². The van der Waals surface area contributed by atoms with Crippen LogP contribution in [0.3, 0.4) is 0 Å². The third-order valence-electron chi connectivity index (χ3n) is 2.01. The molecule has 1 rings (SSSR count). The van der Waals surface area contributed by atoms with Crippen molar-refractivity contribution in [3.8, 4) is 0 Å². The maximum atomic E-state index is 12.2. The molecule has 17 heavy (non-hydrogen) atoms. The van der Waals surface area contributed by atoms with E-state index in [1.54, 1.807) is 5.38 Å². The van der Waals surface area contributed by atoms with Crippen molar-refractivity contribution in [1.29, 1.82) is 0 Å². The first-order valence-corrected chi connectivity index (χ1v) is 5.74. The van der Waals surface area contributed by atoms with Gasteiger partial charge in [0.25, 0.3) is 0 Å². The SMILES string of the molecule is CCN(CC(F)(F)F)C(=O)Cc1csc(N)n1. The lowest BCUT2D eigenvalue weighted by molar-refractivity contribution is -0.160. The van der Waals surface area contributed by atoms with Gasteiger partial charge in [-0.3, -0.25) is 4.79 Å². The van der Waals surface area contributed by atoms with E-state index in [9.17, 15) is 18.0 Å². The highest BCUT2D eigenvalue weighted by atomic mass is 32.1. The molecule has 0 saturated heterocycles. The van der Waals surface area contributed by atoms with Crippen molar-refractivity contribution >= 4 is 22.4 Å². The van der Waals surface area contributed by atoms with Crippen LogP contribution in [0.1, 0.15) is 12.6 Å². The van der Waals surface area contributed by atoms with Gasteiger partial charge in [-0.05, 0) is 6.92 Å². The summed E-state index contributed by atoms with van der Waals surface area (Å²) in [6.45, 7) is 0.277. The van der Waals surface area contributed by atoms with Gasteiger partial charge >= 0.3 is 6.18 Å². The van der Waals surface area contributed by atoms with Gasteiger partial charge in [0.1, 0.15) is 6.54 Å². The number of thiazole rings is 1. The van der Waals surface area contributed by atoms with Crippen LogP contribution in [0.15, 0.2) is 5.38 Å². The molecule has 2 N–H and O–H groups in total. The predicted octanol–water partition coefficient (Wildman–Crippen LogP) is 1.68. The Morgan fingerprint density at radius 1 is 1.59 bits per heavy atom. The Kier molecular flexibility index (Phi) is 4.33. The molecule has 1 aromatic rings. The maximum absolute atomic E-state index is 12.2. The number of likely N-dealkylation sites (N-methyl/N-ethyl adjacent to an activating group) is 1. The number of rotatable bonds is 4. The van der Waals surface area contributed by atoms with Crippen molar-refractivity contribution in [2.45, 2.75) is 19.5 Å². The first kappa shape index (κ1) is 13.8. The van der Waals surface area contributed by atoms with Crippen LogP contribution in [-0.2, 0) is 11.2 Å². The number of nitrogens with two attached hydrogens (primary N) is 1. The Bertz CT molecular complexity index is 391. The molecule has 0 spiro atoms. The Labute approximate surface area is 100 Å². The second-order valence-electron chi connectivity index (χ2n) is 3.38. The third-order valence-corrected chi connectivity index (χ3v) is 2.73. The average molecular weight is 267 g/mol. The van der Waals surface area contributed by atoms with Crippen molar-refractivity contribution in [3.05, 3.63) is 11.1 Å². The molecule has 8 heteroatoms. The quantitative estimate of drug-likeness (QED) is 0.903. The second-order valence-corrected chi connectivity index (χ2v) is 4.27. The number of carbonyl (C=O) groups excluding carboxylic acids is 1. The van der Waals surface area contributed by atoms with Crippen molar-refractivity contribution in [3.63, 3.8) is 0 Å². The Balaban J connectivity index is 2.61. The van der Waals surface area contributed by atoms with E-state index in [1.165, 1.54) is 6.92 Å². The highest BCUT2D eigenvalue weighted by Crippen LogP contribution is 2.18. The monoisotopic (exact) mass is 267 g/mol. The van der Waals surface area contributed by atoms with E-state index >= 15 is 0 Å². The second kappa shape index (κ2) is 5.35. The molecular formula is C9H12F3N3OS. The molecule has 0 saturated carbocycles. The van der Waals surface area contributed by atoms with Crippen LogP contribution in [0, 0.1) is 0 Å². The molecule has 0 aliphatic rings. The molecule has 0 aliphatic carbocycles. The summed E-state index contributed by atoms with van der Waals surface area (Å²) < 4.78 is 36.5. The maximum Gasteiger partial charge on any atom is 0.406 e. The van der Waals surface area contributed by atoms with Gasteiger partial charge in [-0.25, -0.2) is 4.98 Å². The van der Waals surface area contributed by atoms with Crippen LogP contribution < -0.4 is 5.73 Å². The molecule has 0 atom stereocenters. The van der Waals surface area contributed by atoms with Crippen molar-refractivity contribution in [2.24, 2.45) is 0 Å². The van der Waals surface area contributed by atoms with Gasteiger partial charge in [-0.15, -0.1) is 11.3 Å². The van der Waals surface area contributed by atoms with E-state index in [2.05, 4.69) is 4.98 Å². The highest BCUT2D eigenvalue weighted by molar-refractivity contribution is 7.13. The first-order chi connectivity index (χ1) is 7.81. The highest BCUT2D eigenvalue weighted by Gasteiger charge is 2.32. The Hall–Kier alpha value is -1.31. The molecule has 0 unspecified atom stereocenters. The van der Waals surface area contributed by atoms with E-state index < -0.39 is 18.6 Å². The molecule has 1 amide bonds.